The lowest BCUT2D eigenvalue weighted by atomic mass is 9.93. The summed E-state index contributed by atoms with van der Waals surface area (Å²) in [6.45, 7) is 6.05. The molecule has 1 heterocycles. The normalized spacial score (nSPS) is 12.4. The van der Waals surface area contributed by atoms with Crippen LogP contribution in [0.15, 0.2) is 140 Å². The van der Waals surface area contributed by atoms with Crippen molar-refractivity contribution < 1.29 is 17.4 Å². The van der Waals surface area contributed by atoms with E-state index in [0.29, 0.717) is 22.5 Å². The van der Waals surface area contributed by atoms with Gasteiger partial charge in [-0.05, 0) is 55.0 Å². The standard InChI is InChI=1S/C39H38N2O4S3/c1-3-23-40(27-46-31-13-7-5-8-14-31)29-19-21-33-36(25-29)45-37-26-30(41(24-4-2)28-47-32-15-9-6-10-16-32)20-22-34(37)39(33)35-17-11-12-18-38(35)48(42,43)44/h5-22,25-26H,3-4,23-24,27-28H2,1-2H3. The number of rotatable bonds is 13. The van der Waals surface area contributed by atoms with E-state index in [9.17, 15) is 13.0 Å². The van der Waals surface area contributed by atoms with Crippen LogP contribution < -0.4 is 14.8 Å². The molecule has 0 amide bonds. The summed E-state index contributed by atoms with van der Waals surface area (Å²) in [5.41, 5.74) is 3.41. The quantitative estimate of drug-likeness (QED) is 0.0393. The van der Waals surface area contributed by atoms with Gasteiger partial charge in [0, 0.05) is 62.7 Å². The number of hydrogen-bond donors (Lipinski definition) is 0. The van der Waals surface area contributed by atoms with Crippen LogP contribution >= 0.6 is 23.5 Å². The Labute approximate surface area is 291 Å². The van der Waals surface area contributed by atoms with E-state index in [4.69, 9.17) is 4.42 Å². The molecule has 0 saturated heterocycles. The van der Waals surface area contributed by atoms with E-state index < -0.39 is 10.1 Å². The Kier molecular flexibility index (Phi) is 10.9. The van der Waals surface area contributed by atoms with Crippen LogP contribution in [0.4, 0.5) is 5.69 Å². The molecule has 0 atom stereocenters. The molecule has 1 aliphatic heterocycles. The summed E-state index contributed by atoms with van der Waals surface area (Å²) in [6, 6.07) is 39.3. The maximum absolute atomic E-state index is 12.5. The SMILES string of the molecule is CCCN(CSc1ccccc1)c1ccc2c(-c3ccccc3S(=O)(=O)[O-])c3cc/c(=[N+](\CCC)CSc4ccccc4)cc-3oc2c1. The highest BCUT2D eigenvalue weighted by atomic mass is 32.2. The number of hydrogen-bond acceptors (Lipinski definition) is 7. The van der Waals surface area contributed by atoms with Crippen molar-refractivity contribution in [3.8, 4) is 22.5 Å². The van der Waals surface area contributed by atoms with Crippen LogP contribution in [-0.4, -0.2) is 37.8 Å². The topological polar surface area (TPSA) is 76.6 Å². The fourth-order valence-corrected chi connectivity index (χ4v) is 8.41. The van der Waals surface area contributed by atoms with Crippen LogP contribution in [0.1, 0.15) is 26.7 Å². The van der Waals surface area contributed by atoms with E-state index in [1.54, 1.807) is 41.7 Å². The van der Waals surface area contributed by atoms with Gasteiger partial charge in [0.2, 0.25) is 5.36 Å². The molecule has 4 aromatic rings. The lowest BCUT2D eigenvalue weighted by Crippen LogP contribution is -2.30. The van der Waals surface area contributed by atoms with E-state index in [2.05, 4.69) is 59.7 Å². The first kappa shape index (κ1) is 33.9. The monoisotopic (exact) mass is 694 g/mol. The third-order valence-corrected chi connectivity index (χ3v) is 11.1. The molecule has 9 heteroatoms. The maximum atomic E-state index is 12.5. The minimum atomic E-state index is -4.75. The van der Waals surface area contributed by atoms with Gasteiger partial charge in [0.25, 0.3) is 0 Å². The average Bonchev–Trinajstić information content (AvgIpc) is 3.11. The van der Waals surface area contributed by atoms with Gasteiger partial charge in [-0.1, -0.05) is 80.2 Å². The van der Waals surface area contributed by atoms with Crippen molar-refractivity contribution in [2.45, 2.75) is 41.4 Å². The second-order valence-corrected chi connectivity index (χ2v) is 14.9. The van der Waals surface area contributed by atoms with Crippen LogP contribution in [0.25, 0.3) is 33.4 Å². The zero-order chi connectivity index (χ0) is 33.5. The van der Waals surface area contributed by atoms with E-state index >= 15 is 0 Å². The Hall–Kier alpha value is -4.02. The van der Waals surface area contributed by atoms with Crippen LogP contribution in [0, 0.1) is 0 Å². The highest BCUT2D eigenvalue weighted by molar-refractivity contribution is 7.99. The number of thioether (sulfide) groups is 2. The van der Waals surface area contributed by atoms with Gasteiger partial charge in [-0.3, -0.25) is 0 Å². The minimum Gasteiger partial charge on any atom is -0.744 e. The predicted molar refractivity (Wildman–Crippen MR) is 199 cm³/mol. The van der Waals surface area contributed by atoms with Crippen LogP contribution in [0.5, 0.6) is 0 Å². The zero-order valence-corrected chi connectivity index (χ0v) is 29.5. The van der Waals surface area contributed by atoms with Gasteiger partial charge in [-0.25, -0.2) is 13.0 Å². The first-order valence-electron chi connectivity index (χ1n) is 16.1. The molecule has 6 nitrogen and oxygen atoms in total. The summed E-state index contributed by atoms with van der Waals surface area (Å²) < 4.78 is 46.6. The summed E-state index contributed by atoms with van der Waals surface area (Å²) in [4.78, 5) is 4.47. The molecule has 1 aliphatic carbocycles. The Morgan fingerprint density at radius 2 is 1.44 bits per heavy atom. The summed E-state index contributed by atoms with van der Waals surface area (Å²) >= 11 is 3.55. The lowest BCUT2D eigenvalue weighted by Gasteiger charge is -2.25. The minimum absolute atomic E-state index is 0.245. The Balaban J connectivity index is 1.53. The molecule has 0 fully saturated rings. The van der Waals surface area contributed by atoms with E-state index in [1.807, 2.05) is 60.7 Å². The van der Waals surface area contributed by atoms with Crippen LogP contribution in [-0.2, 0) is 10.1 Å². The Morgan fingerprint density at radius 3 is 2.12 bits per heavy atom. The third-order valence-electron chi connectivity index (χ3n) is 8.09. The van der Waals surface area contributed by atoms with Crippen molar-refractivity contribution in [3.05, 3.63) is 127 Å². The Bertz CT molecular complexity index is 2150. The molecule has 48 heavy (non-hydrogen) atoms. The molecule has 0 spiro atoms. The zero-order valence-electron chi connectivity index (χ0n) is 27.0. The van der Waals surface area contributed by atoms with Crippen molar-refractivity contribution in [3.63, 3.8) is 0 Å². The highest BCUT2D eigenvalue weighted by Crippen LogP contribution is 2.43. The van der Waals surface area contributed by atoms with E-state index in [1.165, 1.54) is 15.9 Å². The Morgan fingerprint density at radius 1 is 0.750 bits per heavy atom. The summed E-state index contributed by atoms with van der Waals surface area (Å²) in [5.74, 6) is 2.14. The van der Waals surface area contributed by atoms with Gasteiger partial charge < -0.3 is 13.9 Å². The van der Waals surface area contributed by atoms with Gasteiger partial charge in [0.1, 0.15) is 28.0 Å². The molecule has 2 aliphatic rings. The van der Waals surface area contributed by atoms with Gasteiger partial charge >= 0.3 is 0 Å². The average molecular weight is 695 g/mol. The molecular formula is C39H38N2O4S3. The number of benzene rings is 5. The molecule has 0 unspecified atom stereocenters. The van der Waals surface area contributed by atoms with Gasteiger partial charge in [0.15, 0.2) is 5.88 Å². The van der Waals surface area contributed by atoms with Crippen molar-refractivity contribution >= 4 is 50.3 Å². The molecule has 6 rings (SSSR count). The van der Waals surface area contributed by atoms with Crippen molar-refractivity contribution in [1.82, 2.24) is 4.58 Å². The first-order valence-corrected chi connectivity index (χ1v) is 19.5. The summed E-state index contributed by atoms with van der Waals surface area (Å²) in [7, 11) is -4.75. The summed E-state index contributed by atoms with van der Waals surface area (Å²) in [6.07, 6.45) is 1.94. The first-order chi connectivity index (χ1) is 23.4. The maximum Gasteiger partial charge on any atom is 0.204 e. The highest BCUT2D eigenvalue weighted by Gasteiger charge is 2.23. The van der Waals surface area contributed by atoms with Crippen LogP contribution in [0.3, 0.4) is 0 Å². The van der Waals surface area contributed by atoms with Crippen molar-refractivity contribution in [2.24, 2.45) is 0 Å². The third kappa shape index (κ3) is 7.81. The molecule has 0 radical (unpaired) electrons. The predicted octanol–water partition coefficient (Wildman–Crippen LogP) is 9.01. The molecule has 246 valence electrons. The molecule has 0 N–H and O–H groups in total. The second-order valence-electron chi connectivity index (χ2n) is 11.5. The smallest absolute Gasteiger partial charge is 0.204 e. The van der Waals surface area contributed by atoms with E-state index in [-0.39, 0.29) is 4.90 Å². The second kappa shape index (κ2) is 15.5. The van der Waals surface area contributed by atoms with Crippen molar-refractivity contribution in [2.75, 3.05) is 29.7 Å². The molecule has 4 aromatic carbocycles. The molecule has 0 saturated carbocycles. The lowest BCUT2D eigenvalue weighted by molar-refractivity contribution is 0.463. The van der Waals surface area contributed by atoms with Gasteiger partial charge in [-0.15, -0.1) is 11.8 Å². The largest absolute Gasteiger partial charge is 0.744 e. The molecule has 0 aromatic heterocycles. The van der Waals surface area contributed by atoms with E-state index in [0.717, 1.165) is 59.7 Å². The molecular weight excluding hydrogens is 657 g/mol. The fraction of sp³-hybridized carbons (Fsp3) is 0.205. The number of anilines is 1. The summed E-state index contributed by atoms with van der Waals surface area (Å²) in [5, 5.41) is 1.75. The van der Waals surface area contributed by atoms with Gasteiger partial charge in [0.05, 0.1) is 16.8 Å². The number of nitrogens with zero attached hydrogens (tertiary/aromatic N) is 2. The van der Waals surface area contributed by atoms with Crippen LogP contribution in [0.2, 0.25) is 0 Å². The van der Waals surface area contributed by atoms with Crippen molar-refractivity contribution in [1.29, 1.82) is 0 Å². The number of fused-ring (bicyclic) bond motifs is 2. The molecule has 0 bridgehead atoms. The van der Waals surface area contributed by atoms with Gasteiger partial charge in [-0.2, -0.15) is 0 Å². The fourth-order valence-electron chi connectivity index (χ4n) is 5.86.